The Morgan fingerprint density at radius 2 is 1.97 bits per heavy atom. The maximum Gasteiger partial charge on any atom is 0.434 e. The van der Waals surface area contributed by atoms with Crippen molar-refractivity contribution in [1.29, 1.82) is 0 Å². The maximum absolute atomic E-state index is 12.7. The third-order valence-electron chi connectivity index (χ3n) is 6.44. The Kier molecular flexibility index (Phi) is 6.23. The Morgan fingerprint density at radius 3 is 2.56 bits per heavy atom. The molecule has 1 aliphatic heterocycles. The quantitative estimate of drug-likeness (QED) is 0.645. The van der Waals surface area contributed by atoms with Crippen LogP contribution in [0.4, 0.5) is 36.4 Å². The molecule has 2 aromatic rings. The fourth-order valence-corrected chi connectivity index (χ4v) is 4.23. The summed E-state index contributed by atoms with van der Waals surface area (Å²) in [6, 6.07) is -0.341. The number of halogens is 3. The fraction of sp³-hybridized carbons (Fsp3) is 0.571. The summed E-state index contributed by atoms with van der Waals surface area (Å²) in [6.07, 6.45) is -1.50. The van der Waals surface area contributed by atoms with Crippen LogP contribution in [0.15, 0.2) is 12.4 Å². The van der Waals surface area contributed by atoms with Crippen molar-refractivity contribution in [2.45, 2.75) is 57.1 Å². The lowest BCUT2D eigenvalue weighted by Crippen LogP contribution is -2.53. The van der Waals surface area contributed by atoms with Crippen LogP contribution in [-0.2, 0) is 15.7 Å². The predicted molar refractivity (Wildman–Crippen MR) is 120 cm³/mol. The second-order valence-corrected chi connectivity index (χ2v) is 8.65. The van der Waals surface area contributed by atoms with Crippen molar-refractivity contribution in [2.24, 2.45) is 0 Å². The summed E-state index contributed by atoms with van der Waals surface area (Å²) in [7, 11) is 5.14. The van der Waals surface area contributed by atoms with Gasteiger partial charge >= 0.3 is 6.18 Å². The van der Waals surface area contributed by atoms with Gasteiger partial charge in [-0.25, -0.2) is 15.0 Å². The molecule has 0 aromatic carbocycles. The molecule has 2 N–H and O–H groups in total. The number of aryl methyl sites for hydroxylation is 1. The zero-order valence-corrected chi connectivity index (χ0v) is 19.5. The van der Waals surface area contributed by atoms with Gasteiger partial charge in [-0.1, -0.05) is 0 Å². The van der Waals surface area contributed by atoms with Crippen molar-refractivity contribution in [3.05, 3.63) is 23.8 Å². The van der Waals surface area contributed by atoms with E-state index >= 15 is 0 Å². The number of aromatic nitrogens is 4. The first-order chi connectivity index (χ1) is 16.0. The highest BCUT2D eigenvalue weighted by molar-refractivity contribution is 6.03. The number of carbonyl (C=O) groups excluding carboxylic acids is 1. The largest absolute Gasteiger partial charge is 0.434 e. The van der Waals surface area contributed by atoms with E-state index < -0.39 is 17.9 Å². The van der Waals surface area contributed by atoms with Crippen LogP contribution in [0, 0.1) is 6.92 Å². The molecule has 1 aliphatic carbocycles. The fourth-order valence-electron chi connectivity index (χ4n) is 4.23. The highest BCUT2D eigenvalue weighted by atomic mass is 19.4. The number of hydrogen-bond donors (Lipinski definition) is 2. The van der Waals surface area contributed by atoms with E-state index in [2.05, 4.69) is 30.6 Å². The van der Waals surface area contributed by atoms with Crippen LogP contribution < -0.4 is 20.4 Å². The first kappa shape index (κ1) is 23.9. The van der Waals surface area contributed by atoms with Crippen LogP contribution >= 0.6 is 0 Å². The van der Waals surface area contributed by atoms with E-state index in [1.54, 1.807) is 33.0 Å². The van der Waals surface area contributed by atoms with E-state index in [0.717, 1.165) is 25.2 Å². The van der Waals surface area contributed by atoms with Gasteiger partial charge in [0.25, 0.3) is 0 Å². The summed E-state index contributed by atoms with van der Waals surface area (Å²) in [6.45, 7) is 3.63. The van der Waals surface area contributed by atoms with Crippen molar-refractivity contribution in [2.75, 3.05) is 41.6 Å². The van der Waals surface area contributed by atoms with Gasteiger partial charge in [0.1, 0.15) is 17.5 Å². The van der Waals surface area contributed by atoms with Crippen LogP contribution in [-0.4, -0.2) is 71.3 Å². The number of hydrogen-bond acceptors (Lipinski definition) is 9. The zero-order chi connectivity index (χ0) is 24.8. The number of alkyl halides is 3. The van der Waals surface area contributed by atoms with E-state index in [9.17, 15) is 18.0 Å². The molecule has 0 bridgehead atoms. The van der Waals surface area contributed by atoms with Crippen molar-refractivity contribution in [1.82, 2.24) is 19.9 Å². The first-order valence-electron chi connectivity index (χ1n) is 10.8. The summed E-state index contributed by atoms with van der Waals surface area (Å²) in [5, 5.41) is 6.20. The maximum atomic E-state index is 12.7. The van der Waals surface area contributed by atoms with Crippen LogP contribution in [0.2, 0.25) is 0 Å². The minimum atomic E-state index is -4.51. The number of methoxy groups -OCH3 is 1. The summed E-state index contributed by atoms with van der Waals surface area (Å²) >= 11 is 0. The van der Waals surface area contributed by atoms with E-state index in [0.29, 0.717) is 29.0 Å². The van der Waals surface area contributed by atoms with E-state index in [4.69, 9.17) is 4.74 Å². The number of nitrogens with one attached hydrogen (secondary N) is 2. The topological polar surface area (TPSA) is 108 Å². The number of amides is 1. The van der Waals surface area contributed by atoms with Gasteiger partial charge in [0, 0.05) is 33.3 Å². The van der Waals surface area contributed by atoms with Gasteiger partial charge in [0.05, 0.1) is 24.2 Å². The number of nitrogens with zero attached hydrogens (tertiary/aromatic N) is 6. The molecule has 1 unspecified atom stereocenters. The van der Waals surface area contributed by atoms with Gasteiger partial charge in [-0.15, -0.1) is 0 Å². The van der Waals surface area contributed by atoms with E-state index in [-0.39, 0.29) is 24.1 Å². The number of ether oxygens (including phenoxy) is 1. The summed E-state index contributed by atoms with van der Waals surface area (Å²) in [5.74, 6) is 1.26. The molecule has 2 aliphatic rings. The zero-order valence-electron chi connectivity index (χ0n) is 19.5. The molecular weight excluding hydrogens is 453 g/mol. The Morgan fingerprint density at radius 1 is 1.26 bits per heavy atom. The number of carbonyl (C=O) groups is 1. The third kappa shape index (κ3) is 4.43. The van der Waals surface area contributed by atoms with Crippen molar-refractivity contribution in [3.63, 3.8) is 0 Å². The van der Waals surface area contributed by atoms with E-state index in [1.165, 1.54) is 0 Å². The second kappa shape index (κ2) is 8.85. The van der Waals surface area contributed by atoms with Crippen molar-refractivity contribution in [3.8, 4) is 0 Å². The lowest BCUT2D eigenvalue weighted by molar-refractivity contribution is -0.141. The average molecular weight is 480 g/mol. The molecule has 3 heterocycles. The normalized spacial score (nSPS) is 23.0. The van der Waals surface area contributed by atoms with Crippen LogP contribution in [0.3, 0.4) is 0 Å². The highest BCUT2D eigenvalue weighted by Crippen LogP contribution is 2.35. The molecule has 0 spiro atoms. The summed E-state index contributed by atoms with van der Waals surface area (Å²) in [5.41, 5.74) is 0.204. The summed E-state index contributed by atoms with van der Waals surface area (Å²) in [4.78, 5) is 32.7. The number of likely N-dealkylation sites (N-methyl/N-ethyl adjacent to an activating group) is 1. The van der Waals surface area contributed by atoms with Crippen molar-refractivity contribution < 1.29 is 22.7 Å². The molecule has 34 heavy (non-hydrogen) atoms. The van der Waals surface area contributed by atoms with Gasteiger partial charge in [-0.3, -0.25) is 4.79 Å². The molecule has 4 rings (SSSR count). The van der Waals surface area contributed by atoms with Gasteiger partial charge < -0.3 is 25.2 Å². The van der Waals surface area contributed by atoms with Crippen LogP contribution in [0.5, 0.6) is 0 Å². The Bertz CT molecular complexity index is 1060. The molecule has 10 nitrogen and oxygen atoms in total. The van der Waals surface area contributed by atoms with Crippen LogP contribution in [0.1, 0.15) is 31.2 Å². The molecule has 1 fully saturated rings. The monoisotopic (exact) mass is 480 g/mol. The predicted octanol–water partition coefficient (Wildman–Crippen LogP) is 2.46. The standard InChI is InChI=1S/C21H27F3N8O2/c1-10-16-18(32(4)17(11(2)34-5)19(33)29-16)30-20(27-10)28-12-6-13(7-12)31(3)15-9-25-14(8-26-15)21(22,23)24/h8-9,11-13,17H,6-7H2,1-5H3,(H,29,33)(H,27,28,30)/t11?,12-,13+,17-/m0/s1. The third-order valence-corrected chi connectivity index (χ3v) is 6.44. The average Bonchev–Trinajstić information content (AvgIpc) is 2.75. The molecule has 2 aromatic heterocycles. The Balaban J connectivity index is 1.41. The van der Waals surface area contributed by atoms with Gasteiger partial charge in [-0.05, 0) is 26.7 Å². The minimum absolute atomic E-state index is 0.0875. The van der Waals surface area contributed by atoms with Crippen molar-refractivity contribution >= 4 is 29.2 Å². The molecule has 184 valence electrons. The van der Waals surface area contributed by atoms with Crippen LogP contribution in [0.25, 0.3) is 0 Å². The molecule has 0 saturated heterocycles. The Hall–Kier alpha value is -3.22. The second-order valence-electron chi connectivity index (χ2n) is 8.65. The molecule has 2 atom stereocenters. The lowest BCUT2D eigenvalue weighted by atomic mass is 9.86. The molecular formula is C21H27F3N8O2. The van der Waals surface area contributed by atoms with Gasteiger partial charge in [-0.2, -0.15) is 18.2 Å². The SMILES string of the molecule is COC(C)[C@H]1C(=O)Nc2c(C)nc(N[C@H]3C[C@@H](N(C)c4cnc(C(F)(F)F)cn4)C3)nc2N1C. The molecule has 1 amide bonds. The molecule has 13 heteroatoms. The molecule has 0 radical (unpaired) electrons. The smallest absolute Gasteiger partial charge is 0.379 e. The minimum Gasteiger partial charge on any atom is -0.379 e. The first-order valence-corrected chi connectivity index (χ1v) is 10.8. The van der Waals surface area contributed by atoms with Gasteiger partial charge in [0.2, 0.25) is 11.9 Å². The van der Waals surface area contributed by atoms with Gasteiger partial charge in [0.15, 0.2) is 11.5 Å². The number of fused-ring (bicyclic) bond motifs is 1. The Labute approximate surface area is 194 Å². The lowest BCUT2D eigenvalue weighted by Gasteiger charge is -2.42. The van der Waals surface area contributed by atoms with E-state index in [1.807, 2.05) is 11.8 Å². The highest BCUT2D eigenvalue weighted by Gasteiger charge is 2.38. The number of rotatable bonds is 6. The summed E-state index contributed by atoms with van der Waals surface area (Å²) < 4.78 is 43.5. The molecule has 1 saturated carbocycles. The number of anilines is 4.